The van der Waals surface area contributed by atoms with E-state index in [2.05, 4.69) is 0 Å². The zero-order chi connectivity index (χ0) is 15.8. The van der Waals surface area contributed by atoms with E-state index < -0.39 is 30.2 Å². The van der Waals surface area contributed by atoms with Crippen LogP contribution in [0.1, 0.15) is 31.2 Å². The van der Waals surface area contributed by atoms with E-state index in [0.29, 0.717) is 19.3 Å². The number of rotatable bonds is 3. The van der Waals surface area contributed by atoms with Crippen molar-refractivity contribution in [2.45, 2.75) is 48.0 Å². The second-order valence-electron chi connectivity index (χ2n) is 5.83. The number of aryl methyl sites for hydroxylation is 1. The average molecular weight is 331 g/mol. The fourth-order valence-corrected chi connectivity index (χ4v) is 6.21. The van der Waals surface area contributed by atoms with Gasteiger partial charge < -0.3 is 5.73 Å². The fraction of sp³-hybridized carbons (Fsp3) is 0.571. The highest BCUT2D eigenvalue weighted by molar-refractivity contribution is 7.92. The van der Waals surface area contributed by atoms with Gasteiger partial charge in [-0.3, -0.25) is 0 Å². The van der Waals surface area contributed by atoms with E-state index in [9.17, 15) is 16.8 Å². The number of hydrogen-bond acceptors (Lipinski definition) is 5. The third-order valence-corrected chi connectivity index (χ3v) is 8.01. The number of nitrogen functional groups attached to an aromatic ring is 1. The van der Waals surface area contributed by atoms with Crippen LogP contribution in [0, 0.1) is 6.92 Å². The zero-order valence-corrected chi connectivity index (χ0v) is 13.9. The molecule has 0 aromatic heterocycles. The third kappa shape index (κ3) is 3.40. The number of hydrogen-bond donors (Lipinski definition) is 1. The van der Waals surface area contributed by atoms with Crippen molar-refractivity contribution in [1.29, 1.82) is 0 Å². The molecule has 0 heterocycles. The maximum absolute atomic E-state index is 12.8. The van der Waals surface area contributed by atoms with Crippen molar-refractivity contribution in [1.82, 2.24) is 0 Å². The van der Waals surface area contributed by atoms with Crippen LogP contribution >= 0.6 is 0 Å². The van der Waals surface area contributed by atoms with Crippen molar-refractivity contribution in [3.63, 3.8) is 0 Å². The molecule has 0 spiro atoms. The predicted molar refractivity (Wildman–Crippen MR) is 83.7 cm³/mol. The Morgan fingerprint density at radius 1 is 1.10 bits per heavy atom. The Morgan fingerprint density at radius 3 is 2.33 bits per heavy atom. The summed E-state index contributed by atoms with van der Waals surface area (Å²) in [6.07, 6.45) is 2.96. The Hall–Kier alpha value is -1.08. The summed E-state index contributed by atoms with van der Waals surface area (Å²) in [5.41, 5.74) is 6.85. The highest BCUT2D eigenvalue weighted by Crippen LogP contribution is 2.33. The Kier molecular flexibility index (Phi) is 4.35. The molecule has 2 unspecified atom stereocenters. The van der Waals surface area contributed by atoms with E-state index in [1.165, 1.54) is 6.26 Å². The summed E-state index contributed by atoms with van der Waals surface area (Å²) in [4.78, 5) is 0.127. The number of benzene rings is 1. The molecule has 0 aliphatic heterocycles. The van der Waals surface area contributed by atoms with Gasteiger partial charge in [-0.25, -0.2) is 16.8 Å². The van der Waals surface area contributed by atoms with Crippen molar-refractivity contribution < 1.29 is 16.8 Å². The van der Waals surface area contributed by atoms with Crippen molar-refractivity contribution in [2.24, 2.45) is 0 Å². The molecule has 0 bridgehead atoms. The summed E-state index contributed by atoms with van der Waals surface area (Å²) in [6.45, 7) is 1.80. The lowest BCUT2D eigenvalue weighted by atomic mass is 10.00. The molecule has 21 heavy (non-hydrogen) atoms. The van der Waals surface area contributed by atoms with E-state index in [0.717, 1.165) is 5.56 Å². The molecule has 1 fully saturated rings. The third-order valence-electron chi connectivity index (χ3n) is 4.10. The lowest BCUT2D eigenvalue weighted by molar-refractivity contribution is 0.473. The van der Waals surface area contributed by atoms with Gasteiger partial charge in [0.2, 0.25) is 0 Å². The molecular weight excluding hydrogens is 310 g/mol. The summed E-state index contributed by atoms with van der Waals surface area (Å²) in [6, 6.07) is 4.91. The molecule has 1 aromatic carbocycles. The van der Waals surface area contributed by atoms with Crippen LogP contribution in [0.25, 0.3) is 0 Å². The molecular formula is C14H21NO4S2. The maximum Gasteiger partial charge on any atom is 0.183 e. The molecule has 0 amide bonds. The van der Waals surface area contributed by atoms with Gasteiger partial charge in [-0.05, 0) is 43.9 Å². The van der Waals surface area contributed by atoms with Gasteiger partial charge in [-0.15, -0.1) is 0 Å². The second kappa shape index (κ2) is 5.61. The quantitative estimate of drug-likeness (QED) is 0.851. The molecule has 1 aliphatic rings. The molecule has 7 heteroatoms. The van der Waals surface area contributed by atoms with Crippen LogP contribution in [-0.2, 0) is 19.7 Å². The SMILES string of the molecule is Cc1ccc(N)c(S(=O)(=O)C2CCCC(S(C)(=O)=O)C2)c1. The lowest BCUT2D eigenvalue weighted by Crippen LogP contribution is -2.35. The van der Waals surface area contributed by atoms with E-state index in [4.69, 9.17) is 5.73 Å². The summed E-state index contributed by atoms with van der Waals surface area (Å²) in [5.74, 6) is 0. The topological polar surface area (TPSA) is 94.3 Å². The highest BCUT2D eigenvalue weighted by Gasteiger charge is 2.37. The zero-order valence-electron chi connectivity index (χ0n) is 12.2. The van der Waals surface area contributed by atoms with Crippen LogP contribution in [-0.4, -0.2) is 33.6 Å². The first-order valence-electron chi connectivity index (χ1n) is 6.91. The van der Waals surface area contributed by atoms with Crippen LogP contribution < -0.4 is 5.73 Å². The summed E-state index contributed by atoms with van der Waals surface area (Å²) in [5, 5.41) is -1.24. The van der Waals surface area contributed by atoms with Gasteiger partial charge in [-0.2, -0.15) is 0 Å². The van der Waals surface area contributed by atoms with Gasteiger partial charge >= 0.3 is 0 Å². The fourth-order valence-electron chi connectivity index (χ4n) is 2.84. The maximum atomic E-state index is 12.8. The largest absolute Gasteiger partial charge is 0.398 e. The van der Waals surface area contributed by atoms with Gasteiger partial charge in [0, 0.05) is 6.26 Å². The Bertz CT molecular complexity index is 738. The number of nitrogens with two attached hydrogens (primary N) is 1. The van der Waals surface area contributed by atoms with Gasteiger partial charge in [0.1, 0.15) is 9.84 Å². The van der Waals surface area contributed by atoms with Crippen molar-refractivity contribution >= 4 is 25.4 Å². The molecule has 2 rings (SSSR count). The van der Waals surface area contributed by atoms with E-state index in [1.54, 1.807) is 25.1 Å². The molecule has 1 saturated carbocycles. The minimum atomic E-state index is -3.60. The first-order chi connectivity index (χ1) is 9.62. The van der Waals surface area contributed by atoms with E-state index in [-0.39, 0.29) is 17.0 Å². The molecule has 1 aromatic rings. The van der Waals surface area contributed by atoms with E-state index >= 15 is 0 Å². The van der Waals surface area contributed by atoms with Gasteiger partial charge in [0.05, 0.1) is 21.1 Å². The van der Waals surface area contributed by atoms with Gasteiger partial charge in [-0.1, -0.05) is 12.5 Å². The van der Waals surface area contributed by atoms with Crippen molar-refractivity contribution in [2.75, 3.05) is 12.0 Å². The molecule has 0 radical (unpaired) electrons. The summed E-state index contributed by atoms with van der Waals surface area (Å²) < 4.78 is 48.9. The number of anilines is 1. The van der Waals surface area contributed by atoms with Gasteiger partial charge in [0.15, 0.2) is 9.84 Å². The molecule has 5 nitrogen and oxygen atoms in total. The number of sulfone groups is 2. The molecule has 1 aliphatic carbocycles. The minimum Gasteiger partial charge on any atom is -0.398 e. The first-order valence-corrected chi connectivity index (χ1v) is 10.4. The molecule has 2 N–H and O–H groups in total. The lowest BCUT2D eigenvalue weighted by Gasteiger charge is -2.28. The monoisotopic (exact) mass is 331 g/mol. The van der Waals surface area contributed by atoms with Crippen LogP contribution in [0.3, 0.4) is 0 Å². The molecule has 0 saturated heterocycles. The van der Waals surface area contributed by atoms with Crippen LogP contribution in [0.5, 0.6) is 0 Å². The molecule has 2 atom stereocenters. The Morgan fingerprint density at radius 2 is 1.71 bits per heavy atom. The normalized spacial score (nSPS) is 23.9. The van der Waals surface area contributed by atoms with Crippen LogP contribution in [0.4, 0.5) is 5.69 Å². The van der Waals surface area contributed by atoms with Gasteiger partial charge in [0.25, 0.3) is 0 Å². The summed E-state index contributed by atoms with van der Waals surface area (Å²) >= 11 is 0. The standard InChI is InChI=1S/C14H21NO4S2/c1-10-6-7-13(15)14(8-10)21(18,19)12-5-3-4-11(9-12)20(2,16)17/h6-8,11-12H,3-5,9,15H2,1-2H3. The summed E-state index contributed by atoms with van der Waals surface area (Å²) in [7, 11) is -6.81. The van der Waals surface area contributed by atoms with Crippen molar-refractivity contribution in [3.05, 3.63) is 23.8 Å². The first kappa shape index (κ1) is 16.3. The predicted octanol–water partition coefficient (Wildman–Crippen LogP) is 1.71. The van der Waals surface area contributed by atoms with Crippen LogP contribution in [0.15, 0.2) is 23.1 Å². The Labute approximate surface area is 126 Å². The molecule has 118 valence electrons. The smallest absolute Gasteiger partial charge is 0.183 e. The van der Waals surface area contributed by atoms with Crippen LogP contribution in [0.2, 0.25) is 0 Å². The van der Waals surface area contributed by atoms with Crippen molar-refractivity contribution in [3.8, 4) is 0 Å². The Balaban J connectivity index is 2.38. The van der Waals surface area contributed by atoms with E-state index in [1.807, 2.05) is 0 Å². The minimum absolute atomic E-state index is 0.127. The highest BCUT2D eigenvalue weighted by atomic mass is 32.2. The second-order valence-corrected chi connectivity index (χ2v) is 10.3. The average Bonchev–Trinajstić information content (AvgIpc) is 2.40.